The summed E-state index contributed by atoms with van der Waals surface area (Å²) in [4.78, 5) is 25.6. The van der Waals surface area contributed by atoms with E-state index in [9.17, 15) is 14.0 Å². The highest BCUT2D eigenvalue weighted by molar-refractivity contribution is 6.30. The van der Waals surface area contributed by atoms with Gasteiger partial charge in [0.1, 0.15) is 11.4 Å². The van der Waals surface area contributed by atoms with Gasteiger partial charge in [-0.25, -0.2) is 14.0 Å². The molecule has 2 aromatic rings. The van der Waals surface area contributed by atoms with E-state index in [-0.39, 0.29) is 5.82 Å². The minimum Gasteiger partial charge on any atom is -0.423 e. The molecule has 0 amide bonds. The van der Waals surface area contributed by atoms with Crippen molar-refractivity contribution in [3.8, 4) is 6.26 Å². The van der Waals surface area contributed by atoms with E-state index in [2.05, 4.69) is 4.74 Å². The number of nitriles is 1. The topological polar surface area (TPSA) is 88.9 Å². The summed E-state index contributed by atoms with van der Waals surface area (Å²) in [6.45, 7) is 0.785. The molecule has 0 fully saturated rings. The lowest BCUT2D eigenvalue weighted by Gasteiger charge is -2.31. The van der Waals surface area contributed by atoms with Crippen molar-refractivity contribution in [2.45, 2.75) is 24.7 Å². The maximum absolute atomic E-state index is 13.6. The summed E-state index contributed by atoms with van der Waals surface area (Å²) in [6.07, 6.45) is 1.25. The maximum Gasteiger partial charge on any atom is 0.432 e. The summed E-state index contributed by atoms with van der Waals surface area (Å²) in [5, 5.41) is 8.43. The number of hydrogen-bond donors (Lipinski definition) is 0. The number of carbonyl (C=O) groups excluding carboxylic acids is 2. The molecule has 1 aliphatic heterocycles. The van der Waals surface area contributed by atoms with Crippen LogP contribution in [0.4, 0.5) is 4.39 Å². The standard InChI is InChI=1S/C22H21FN2O5/c1-25(2)13-5-12-22(15-8-10-16(23)11-9-15)18-7-4-3-6-17(18)21(30-22)29-20(27)19(26)28-14-24/h3-4,6-11,21H,5,12-13H2,1-2H3/t21?,22-/m0/s1. The van der Waals surface area contributed by atoms with Crippen LogP contribution in [0.1, 0.15) is 35.8 Å². The molecule has 0 aliphatic carbocycles. The van der Waals surface area contributed by atoms with Crippen molar-refractivity contribution in [3.05, 3.63) is 71.0 Å². The molecular weight excluding hydrogens is 391 g/mol. The van der Waals surface area contributed by atoms with Gasteiger partial charge >= 0.3 is 11.9 Å². The molecule has 0 saturated heterocycles. The lowest BCUT2D eigenvalue weighted by molar-refractivity contribution is -0.204. The number of esters is 2. The Morgan fingerprint density at radius 3 is 2.53 bits per heavy atom. The second-order valence-electron chi connectivity index (χ2n) is 7.16. The molecule has 30 heavy (non-hydrogen) atoms. The molecule has 0 N–H and O–H groups in total. The maximum atomic E-state index is 13.6. The third-order valence-electron chi connectivity index (χ3n) is 4.92. The number of rotatable bonds is 6. The van der Waals surface area contributed by atoms with E-state index in [1.807, 2.05) is 31.1 Å². The van der Waals surface area contributed by atoms with Crippen LogP contribution in [0.15, 0.2) is 48.5 Å². The van der Waals surface area contributed by atoms with E-state index in [1.165, 1.54) is 12.1 Å². The van der Waals surface area contributed by atoms with Crippen molar-refractivity contribution in [2.75, 3.05) is 20.6 Å². The van der Waals surface area contributed by atoms with Crippen LogP contribution in [-0.4, -0.2) is 37.5 Å². The molecular formula is C22H21FN2O5. The third kappa shape index (κ3) is 4.32. The largest absolute Gasteiger partial charge is 0.432 e. The van der Waals surface area contributed by atoms with E-state index in [0.717, 1.165) is 24.8 Å². The van der Waals surface area contributed by atoms with Crippen LogP contribution in [-0.2, 0) is 29.4 Å². The Morgan fingerprint density at radius 1 is 1.17 bits per heavy atom. The quantitative estimate of drug-likeness (QED) is 0.409. The van der Waals surface area contributed by atoms with Crippen molar-refractivity contribution < 1.29 is 28.2 Å². The van der Waals surface area contributed by atoms with Gasteiger partial charge in [0.05, 0.1) is 0 Å². The summed E-state index contributed by atoms with van der Waals surface area (Å²) < 4.78 is 29.1. The first-order valence-corrected chi connectivity index (χ1v) is 9.36. The number of ether oxygens (including phenoxy) is 3. The van der Waals surface area contributed by atoms with Crippen LogP contribution in [0.2, 0.25) is 0 Å². The van der Waals surface area contributed by atoms with E-state index in [4.69, 9.17) is 14.7 Å². The Bertz CT molecular complexity index is 970. The Kier molecular flexibility index (Phi) is 6.45. The highest BCUT2D eigenvalue weighted by Gasteiger charge is 2.48. The second-order valence-corrected chi connectivity index (χ2v) is 7.16. The molecule has 8 heteroatoms. The fraction of sp³-hybridized carbons (Fsp3) is 0.318. The van der Waals surface area contributed by atoms with Gasteiger partial charge in [0.2, 0.25) is 6.29 Å². The first-order chi connectivity index (χ1) is 14.4. The van der Waals surface area contributed by atoms with Gasteiger partial charge in [0.15, 0.2) is 0 Å². The normalized spacial score (nSPS) is 19.8. The van der Waals surface area contributed by atoms with E-state index < -0.39 is 23.8 Å². The first kappa shape index (κ1) is 21.4. The molecule has 1 heterocycles. The van der Waals surface area contributed by atoms with E-state index in [0.29, 0.717) is 17.5 Å². The number of benzene rings is 2. The third-order valence-corrected chi connectivity index (χ3v) is 4.92. The molecule has 0 saturated carbocycles. The lowest BCUT2D eigenvalue weighted by Crippen LogP contribution is -2.30. The zero-order valence-corrected chi connectivity index (χ0v) is 16.6. The fourth-order valence-electron chi connectivity index (χ4n) is 3.62. The molecule has 156 valence electrons. The Labute approximate surface area is 173 Å². The van der Waals surface area contributed by atoms with Gasteiger partial charge in [-0.2, -0.15) is 0 Å². The van der Waals surface area contributed by atoms with E-state index >= 15 is 0 Å². The van der Waals surface area contributed by atoms with Crippen molar-refractivity contribution in [1.82, 2.24) is 4.90 Å². The molecule has 0 bridgehead atoms. The van der Waals surface area contributed by atoms with Gasteiger partial charge < -0.3 is 19.1 Å². The summed E-state index contributed by atoms with van der Waals surface area (Å²) in [5.41, 5.74) is 1.05. The average molecular weight is 412 g/mol. The molecule has 2 aromatic carbocycles. The lowest BCUT2D eigenvalue weighted by atomic mass is 9.82. The number of fused-ring (bicyclic) bond motifs is 1. The van der Waals surface area contributed by atoms with Gasteiger partial charge in [-0.05, 0) is 56.7 Å². The van der Waals surface area contributed by atoms with Crippen molar-refractivity contribution >= 4 is 11.9 Å². The summed E-state index contributed by atoms with van der Waals surface area (Å²) >= 11 is 0. The summed E-state index contributed by atoms with van der Waals surface area (Å²) in [5.74, 6) is -3.14. The second kappa shape index (κ2) is 9.03. The Morgan fingerprint density at radius 2 is 1.87 bits per heavy atom. The highest BCUT2D eigenvalue weighted by Crippen LogP contribution is 2.50. The molecule has 2 atom stereocenters. The van der Waals surface area contributed by atoms with Crippen molar-refractivity contribution in [2.24, 2.45) is 0 Å². The molecule has 0 radical (unpaired) electrons. The minimum absolute atomic E-state index is 0.379. The van der Waals surface area contributed by atoms with Gasteiger partial charge in [-0.15, -0.1) is 5.26 Å². The minimum atomic E-state index is -1.43. The van der Waals surface area contributed by atoms with Crippen molar-refractivity contribution in [1.29, 1.82) is 5.26 Å². The highest BCUT2D eigenvalue weighted by atomic mass is 19.1. The monoisotopic (exact) mass is 412 g/mol. The summed E-state index contributed by atoms with van der Waals surface area (Å²) in [7, 11) is 3.92. The van der Waals surface area contributed by atoms with Gasteiger partial charge in [-0.1, -0.05) is 36.4 Å². The SMILES string of the molecule is CN(C)CCC[C@@]1(c2ccc(F)cc2)OC(OC(=O)C(=O)OC#N)c2ccccc21. The number of hydrogen-bond acceptors (Lipinski definition) is 7. The Balaban J connectivity index is 1.99. The van der Waals surface area contributed by atoms with Crippen LogP contribution in [0.25, 0.3) is 0 Å². The van der Waals surface area contributed by atoms with Gasteiger partial charge in [0, 0.05) is 5.56 Å². The smallest absolute Gasteiger partial charge is 0.423 e. The van der Waals surface area contributed by atoms with Crippen LogP contribution in [0.5, 0.6) is 0 Å². The zero-order chi connectivity index (χ0) is 21.7. The molecule has 7 nitrogen and oxygen atoms in total. The average Bonchev–Trinajstić information content (AvgIpc) is 3.03. The Hall–Kier alpha value is -3.28. The van der Waals surface area contributed by atoms with Crippen LogP contribution < -0.4 is 0 Å². The molecule has 3 rings (SSSR count). The summed E-state index contributed by atoms with van der Waals surface area (Å²) in [6, 6.07) is 13.1. The first-order valence-electron chi connectivity index (χ1n) is 9.36. The molecule has 0 aromatic heterocycles. The van der Waals surface area contributed by atoms with Gasteiger partial charge in [0.25, 0.3) is 6.26 Å². The molecule has 1 unspecified atom stereocenters. The fourth-order valence-corrected chi connectivity index (χ4v) is 3.62. The van der Waals surface area contributed by atoms with Crippen LogP contribution in [0.3, 0.4) is 0 Å². The van der Waals surface area contributed by atoms with E-state index in [1.54, 1.807) is 24.3 Å². The van der Waals surface area contributed by atoms with Gasteiger partial charge in [-0.3, -0.25) is 0 Å². The number of nitrogens with zero attached hydrogens (tertiary/aromatic N) is 2. The zero-order valence-electron chi connectivity index (χ0n) is 16.6. The predicted molar refractivity (Wildman–Crippen MR) is 103 cm³/mol. The van der Waals surface area contributed by atoms with Crippen molar-refractivity contribution in [3.63, 3.8) is 0 Å². The number of carbonyl (C=O) groups is 2. The number of halogens is 1. The predicted octanol–water partition coefficient (Wildman–Crippen LogP) is 3.01. The molecule has 1 aliphatic rings. The van der Waals surface area contributed by atoms with Crippen LogP contribution >= 0.6 is 0 Å². The molecule has 0 spiro atoms. The van der Waals surface area contributed by atoms with Crippen LogP contribution in [0, 0.1) is 17.3 Å².